The van der Waals surface area contributed by atoms with Gasteiger partial charge in [0.25, 0.3) is 0 Å². The number of piperidine rings is 1. The Labute approximate surface area is 159 Å². The topological polar surface area (TPSA) is 89.9 Å². The third-order valence-corrected chi connectivity index (χ3v) is 4.96. The lowest BCUT2D eigenvalue weighted by Gasteiger charge is -2.30. The first-order valence-electron chi connectivity index (χ1n) is 8.73. The van der Waals surface area contributed by atoms with Gasteiger partial charge >= 0.3 is 0 Å². The second-order valence-electron chi connectivity index (χ2n) is 6.43. The van der Waals surface area contributed by atoms with E-state index >= 15 is 0 Å². The lowest BCUT2D eigenvalue weighted by atomic mass is 9.96. The van der Waals surface area contributed by atoms with Gasteiger partial charge in [-0.25, -0.2) is 14.6 Å². The smallest absolute Gasteiger partial charge is 0.225 e. The second-order valence-corrected chi connectivity index (χ2v) is 6.87. The van der Waals surface area contributed by atoms with Crippen LogP contribution in [0.25, 0.3) is 11.5 Å². The highest BCUT2D eigenvalue weighted by Crippen LogP contribution is 2.28. The van der Waals surface area contributed by atoms with Crippen LogP contribution < -0.4 is 4.90 Å². The molecule has 1 aliphatic rings. The molecule has 0 spiro atoms. The zero-order valence-corrected chi connectivity index (χ0v) is 15.1. The Kier molecular flexibility index (Phi) is 3.93. The van der Waals surface area contributed by atoms with Crippen molar-refractivity contribution < 1.29 is 0 Å². The molecule has 0 unspecified atom stereocenters. The maximum atomic E-state index is 5.87. The molecular weight excluding hydrogens is 366 g/mol. The summed E-state index contributed by atoms with van der Waals surface area (Å²) in [5.74, 6) is 2.61. The molecule has 0 N–H and O–H groups in total. The molecule has 5 rings (SSSR count). The average molecular weight is 382 g/mol. The van der Waals surface area contributed by atoms with E-state index in [0.29, 0.717) is 11.0 Å². The number of hydrogen-bond acceptors (Lipinski definition) is 7. The number of fused-ring (bicyclic) bond motifs is 1. The van der Waals surface area contributed by atoms with Crippen LogP contribution in [0.5, 0.6) is 0 Å². The molecule has 27 heavy (non-hydrogen) atoms. The Bertz CT molecular complexity index is 1050. The van der Waals surface area contributed by atoms with Crippen LogP contribution in [0.15, 0.2) is 43.0 Å². The molecule has 136 valence electrons. The van der Waals surface area contributed by atoms with E-state index in [9.17, 15) is 0 Å². The summed E-state index contributed by atoms with van der Waals surface area (Å²) in [7, 11) is 0. The van der Waals surface area contributed by atoms with Crippen LogP contribution in [0.4, 0.5) is 5.95 Å². The van der Waals surface area contributed by atoms with Crippen LogP contribution in [0, 0.1) is 0 Å². The van der Waals surface area contributed by atoms with Gasteiger partial charge in [-0.1, -0.05) is 11.6 Å². The van der Waals surface area contributed by atoms with Gasteiger partial charge in [-0.2, -0.15) is 9.61 Å². The number of aromatic nitrogens is 8. The minimum Gasteiger partial charge on any atom is -0.341 e. The summed E-state index contributed by atoms with van der Waals surface area (Å²) in [6.45, 7) is 1.69. The third kappa shape index (κ3) is 2.99. The first-order chi connectivity index (χ1) is 13.3. The summed E-state index contributed by atoms with van der Waals surface area (Å²) >= 11 is 5.87. The van der Waals surface area contributed by atoms with Gasteiger partial charge in [0, 0.05) is 31.4 Å². The van der Waals surface area contributed by atoms with Crippen molar-refractivity contribution in [3.05, 3.63) is 53.8 Å². The number of halogens is 1. The number of rotatable bonds is 3. The molecule has 9 nitrogen and oxygen atoms in total. The highest BCUT2D eigenvalue weighted by atomic mass is 35.5. The highest BCUT2D eigenvalue weighted by molar-refractivity contribution is 6.30. The van der Waals surface area contributed by atoms with Gasteiger partial charge in [0.15, 0.2) is 17.3 Å². The molecule has 0 saturated carbocycles. The zero-order valence-electron chi connectivity index (χ0n) is 14.4. The standard InChI is InChI=1S/C17H16ClN9/c18-13-10-19-17(20-11-13)25-8-4-12(5-9-25)16-23-22-14-2-3-15(24-27(14)16)26-7-1-6-21-26/h1-3,6-7,10-12H,4-5,8-9H2. The monoisotopic (exact) mass is 381 g/mol. The van der Waals surface area contributed by atoms with Gasteiger partial charge in [0.05, 0.1) is 17.4 Å². The van der Waals surface area contributed by atoms with Crippen LogP contribution in [0.3, 0.4) is 0 Å². The lowest BCUT2D eigenvalue weighted by molar-refractivity contribution is 0.472. The van der Waals surface area contributed by atoms with Crippen LogP contribution >= 0.6 is 11.6 Å². The minimum absolute atomic E-state index is 0.281. The van der Waals surface area contributed by atoms with Gasteiger partial charge in [-0.15, -0.1) is 15.3 Å². The van der Waals surface area contributed by atoms with Crippen LogP contribution in [0.1, 0.15) is 24.6 Å². The molecule has 10 heteroatoms. The van der Waals surface area contributed by atoms with Crippen molar-refractivity contribution in [1.29, 1.82) is 0 Å². The predicted octanol–water partition coefficient (Wildman–Crippen LogP) is 2.14. The third-order valence-electron chi connectivity index (χ3n) is 4.76. The summed E-state index contributed by atoms with van der Waals surface area (Å²) in [5.41, 5.74) is 0.740. The van der Waals surface area contributed by atoms with E-state index < -0.39 is 0 Å². The first-order valence-corrected chi connectivity index (χ1v) is 9.10. The SMILES string of the molecule is Clc1cnc(N2CCC(c3nnc4ccc(-n5cccn5)nn34)CC2)nc1. The van der Waals surface area contributed by atoms with Crippen molar-refractivity contribution in [2.45, 2.75) is 18.8 Å². The Hall–Kier alpha value is -3.07. The van der Waals surface area contributed by atoms with Crippen molar-refractivity contribution in [1.82, 2.24) is 39.6 Å². The molecule has 4 aromatic heterocycles. The molecule has 1 fully saturated rings. The second kappa shape index (κ2) is 6.58. The van der Waals surface area contributed by atoms with Gasteiger partial charge < -0.3 is 4.90 Å². The summed E-state index contributed by atoms with van der Waals surface area (Å²) in [6.07, 6.45) is 8.71. The Morgan fingerprint density at radius 3 is 2.59 bits per heavy atom. The molecule has 4 aromatic rings. The van der Waals surface area contributed by atoms with Gasteiger partial charge in [0.2, 0.25) is 5.95 Å². The predicted molar refractivity (Wildman–Crippen MR) is 99.1 cm³/mol. The summed E-state index contributed by atoms with van der Waals surface area (Å²) < 4.78 is 3.56. The molecule has 0 radical (unpaired) electrons. The molecular formula is C17H16ClN9. The van der Waals surface area contributed by atoms with Crippen LogP contribution in [-0.2, 0) is 0 Å². The Balaban J connectivity index is 1.38. The van der Waals surface area contributed by atoms with E-state index in [-0.39, 0.29) is 5.92 Å². The van der Waals surface area contributed by atoms with Crippen molar-refractivity contribution in [3.8, 4) is 5.82 Å². The quantitative estimate of drug-likeness (QED) is 0.537. The van der Waals surface area contributed by atoms with E-state index in [1.165, 1.54) is 0 Å². The molecule has 0 aliphatic carbocycles. The number of nitrogens with zero attached hydrogens (tertiary/aromatic N) is 9. The molecule has 0 bridgehead atoms. The van der Waals surface area contributed by atoms with Gasteiger partial charge in [-0.3, -0.25) is 0 Å². The van der Waals surface area contributed by atoms with Crippen molar-refractivity contribution in [2.24, 2.45) is 0 Å². The van der Waals surface area contributed by atoms with E-state index in [4.69, 9.17) is 11.6 Å². The van der Waals surface area contributed by atoms with Crippen LogP contribution in [-0.4, -0.2) is 52.6 Å². The first kappa shape index (κ1) is 16.1. The van der Waals surface area contributed by atoms with Crippen LogP contribution in [0.2, 0.25) is 5.02 Å². The zero-order chi connectivity index (χ0) is 18.2. The van der Waals surface area contributed by atoms with Gasteiger partial charge in [-0.05, 0) is 31.0 Å². The molecule has 1 saturated heterocycles. The summed E-state index contributed by atoms with van der Waals surface area (Å²) in [5, 5.41) is 18.1. The summed E-state index contributed by atoms with van der Waals surface area (Å²) in [6, 6.07) is 5.67. The van der Waals surface area contributed by atoms with E-state index in [1.807, 2.05) is 28.9 Å². The van der Waals surface area contributed by atoms with E-state index in [1.54, 1.807) is 23.3 Å². The normalized spacial score (nSPS) is 15.5. The highest BCUT2D eigenvalue weighted by Gasteiger charge is 2.26. The Morgan fingerprint density at radius 2 is 1.85 bits per heavy atom. The van der Waals surface area contributed by atoms with Crippen molar-refractivity contribution in [2.75, 3.05) is 18.0 Å². The average Bonchev–Trinajstić information content (AvgIpc) is 3.38. The fraction of sp³-hybridized carbons (Fsp3) is 0.294. The fourth-order valence-corrected chi connectivity index (χ4v) is 3.48. The maximum Gasteiger partial charge on any atom is 0.225 e. The molecule has 1 aliphatic heterocycles. The number of hydrogen-bond donors (Lipinski definition) is 0. The van der Waals surface area contributed by atoms with E-state index in [2.05, 4.69) is 35.3 Å². The number of anilines is 1. The van der Waals surface area contributed by atoms with E-state index in [0.717, 1.165) is 43.2 Å². The minimum atomic E-state index is 0.281. The van der Waals surface area contributed by atoms with Gasteiger partial charge in [0.1, 0.15) is 0 Å². The molecule has 0 amide bonds. The fourth-order valence-electron chi connectivity index (χ4n) is 3.38. The largest absolute Gasteiger partial charge is 0.341 e. The van der Waals surface area contributed by atoms with Crippen molar-refractivity contribution in [3.63, 3.8) is 0 Å². The maximum absolute atomic E-state index is 5.87. The summed E-state index contributed by atoms with van der Waals surface area (Å²) in [4.78, 5) is 10.8. The lowest BCUT2D eigenvalue weighted by Crippen LogP contribution is -2.34. The molecule has 0 aromatic carbocycles. The van der Waals surface area contributed by atoms with Crippen molar-refractivity contribution >= 4 is 23.2 Å². The molecule has 5 heterocycles. The molecule has 0 atom stereocenters. The Morgan fingerprint density at radius 1 is 1.04 bits per heavy atom.